The van der Waals surface area contributed by atoms with Crippen LogP contribution in [-0.2, 0) is 0 Å². The van der Waals surface area contributed by atoms with Crippen molar-refractivity contribution in [3.8, 4) is 11.5 Å². The number of aliphatic imine (C=N–C) groups is 1. The monoisotopic (exact) mass is 446 g/mol. The van der Waals surface area contributed by atoms with Gasteiger partial charge in [-0.1, -0.05) is 0 Å². The first-order chi connectivity index (χ1) is 11.3. The summed E-state index contributed by atoms with van der Waals surface area (Å²) in [5.74, 6) is 1.99. The van der Waals surface area contributed by atoms with Gasteiger partial charge in [-0.05, 0) is 51.0 Å². The highest BCUT2D eigenvalue weighted by molar-refractivity contribution is 14.0. The number of fused-ring (bicyclic) bond motifs is 1. The first-order valence-corrected chi connectivity index (χ1v) is 8.50. The second kappa shape index (κ2) is 9.93. The van der Waals surface area contributed by atoms with Crippen molar-refractivity contribution in [3.63, 3.8) is 0 Å². The molecule has 134 valence electrons. The number of rotatable bonds is 5. The van der Waals surface area contributed by atoms with Gasteiger partial charge in [-0.2, -0.15) is 0 Å². The molecule has 0 spiro atoms. The van der Waals surface area contributed by atoms with Crippen LogP contribution >= 0.6 is 24.0 Å². The summed E-state index contributed by atoms with van der Waals surface area (Å²) < 4.78 is 11.3. The van der Waals surface area contributed by atoms with Gasteiger partial charge in [0.25, 0.3) is 0 Å². The van der Waals surface area contributed by atoms with E-state index < -0.39 is 0 Å². The van der Waals surface area contributed by atoms with E-state index in [-0.39, 0.29) is 24.0 Å². The number of anilines is 1. The second-order valence-electron chi connectivity index (χ2n) is 6.01. The van der Waals surface area contributed by atoms with Crippen molar-refractivity contribution in [2.24, 2.45) is 10.7 Å². The lowest BCUT2D eigenvalue weighted by atomic mass is 10.3. The Labute approximate surface area is 160 Å². The lowest BCUT2D eigenvalue weighted by Gasteiger charge is -2.13. The molecule has 3 rings (SSSR count). The maximum atomic E-state index is 5.96. The maximum absolute atomic E-state index is 5.96. The normalized spacial score (nSPS) is 17.9. The van der Waals surface area contributed by atoms with Gasteiger partial charge in [-0.25, -0.2) is 0 Å². The number of nitrogens with two attached hydrogens (primary N) is 1. The summed E-state index contributed by atoms with van der Waals surface area (Å²) in [6.07, 6.45) is 4.61. The molecule has 0 unspecified atom stereocenters. The standard InChI is InChI=1S/C17H26N4O2.HI/c18-17(19-7-3-10-21-8-1-2-9-21)20-14-5-6-15-16(13-14)23-12-4-11-22-15;/h5-6,13H,1-4,7-12H2,(H3,18,19,20);1H. The van der Waals surface area contributed by atoms with Crippen molar-refractivity contribution in [2.45, 2.75) is 25.7 Å². The number of hydrogen-bond acceptors (Lipinski definition) is 4. The predicted octanol–water partition coefficient (Wildman–Crippen LogP) is 2.68. The summed E-state index contributed by atoms with van der Waals surface area (Å²) in [4.78, 5) is 6.88. The van der Waals surface area contributed by atoms with Crippen molar-refractivity contribution < 1.29 is 9.47 Å². The van der Waals surface area contributed by atoms with Crippen LogP contribution in [0, 0.1) is 0 Å². The van der Waals surface area contributed by atoms with Gasteiger partial charge in [0.1, 0.15) is 0 Å². The Balaban J connectivity index is 0.00000208. The second-order valence-corrected chi connectivity index (χ2v) is 6.01. The fourth-order valence-electron chi connectivity index (χ4n) is 2.93. The minimum Gasteiger partial charge on any atom is -0.490 e. The van der Waals surface area contributed by atoms with E-state index in [1.165, 1.54) is 25.9 Å². The molecule has 0 amide bonds. The molecule has 24 heavy (non-hydrogen) atoms. The van der Waals surface area contributed by atoms with Gasteiger partial charge in [0.05, 0.1) is 13.2 Å². The van der Waals surface area contributed by atoms with E-state index in [1.807, 2.05) is 18.2 Å². The topological polar surface area (TPSA) is 72.1 Å². The highest BCUT2D eigenvalue weighted by Crippen LogP contribution is 2.32. The van der Waals surface area contributed by atoms with Crippen molar-refractivity contribution in [2.75, 3.05) is 44.7 Å². The zero-order valence-electron chi connectivity index (χ0n) is 14.0. The van der Waals surface area contributed by atoms with Gasteiger partial charge in [-0.15, -0.1) is 24.0 Å². The predicted molar refractivity (Wildman–Crippen MR) is 108 cm³/mol. The van der Waals surface area contributed by atoms with E-state index in [4.69, 9.17) is 15.2 Å². The number of hydrogen-bond donors (Lipinski definition) is 2. The molecule has 1 saturated heterocycles. The number of nitrogens with one attached hydrogen (secondary N) is 1. The molecule has 6 nitrogen and oxygen atoms in total. The lowest BCUT2D eigenvalue weighted by Crippen LogP contribution is -2.24. The minimum absolute atomic E-state index is 0. The lowest BCUT2D eigenvalue weighted by molar-refractivity contribution is 0.297. The number of ether oxygens (including phenoxy) is 2. The molecule has 0 saturated carbocycles. The van der Waals surface area contributed by atoms with Crippen molar-refractivity contribution >= 4 is 35.6 Å². The van der Waals surface area contributed by atoms with Crippen molar-refractivity contribution in [3.05, 3.63) is 18.2 Å². The Morgan fingerprint density at radius 3 is 2.67 bits per heavy atom. The molecule has 0 aliphatic carbocycles. The fourth-order valence-corrected chi connectivity index (χ4v) is 2.93. The molecule has 2 aliphatic rings. The summed E-state index contributed by atoms with van der Waals surface area (Å²) >= 11 is 0. The summed E-state index contributed by atoms with van der Waals surface area (Å²) in [6.45, 7) is 5.70. The van der Waals surface area contributed by atoms with Crippen LogP contribution in [0.4, 0.5) is 5.69 Å². The van der Waals surface area contributed by atoms with Crippen molar-refractivity contribution in [1.29, 1.82) is 0 Å². The molecule has 1 aromatic carbocycles. The van der Waals surface area contributed by atoms with Gasteiger partial charge in [0.2, 0.25) is 0 Å². The third-order valence-corrected chi connectivity index (χ3v) is 4.13. The quantitative estimate of drug-likeness (QED) is 0.315. The Hall–Kier alpha value is -1.22. The minimum atomic E-state index is 0. The Kier molecular flexibility index (Phi) is 7.90. The molecule has 0 atom stereocenters. The average Bonchev–Trinajstić information content (AvgIpc) is 2.96. The number of likely N-dealkylation sites (tertiary alicyclic amines) is 1. The summed E-state index contributed by atoms with van der Waals surface area (Å²) in [7, 11) is 0. The van der Waals surface area contributed by atoms with Crippen LogP contribution in [0.2, 0.25) is 0 Å². The van der Waals surface area contributed by atoms with E-state index in [9.17, 15) is 0 Å². The Morgan fingerprint density at radius 1 is 1.12 bits per heavy atom. The van der Waals surface area contributed by atoms with Crippen LogP contribution in [0.25, 0.3) is 0 Å². The van der Waals surface area contributed by atoms with Crippen LogP contribution in [0.5, 0.6) is 11.5 Å². The molecule has 0 aromatic heterocycles. The Bertz CT molecular complexity index is 547. The zero-order chi connectivity index (χ0) is 15.9. The third kappa shape index (κ3) is 5.70. The number of nitrogens with zero attached hydrogens (tertiary/aromatic N) is 2. The maximum Gasteiger partial charge on any atom is 0.193 e. The summed E-state index contributed by atoms with van der Waals surface area (Å²) in [5, 5.41) is 3.12. The van der Waals surface area contributed by atoms with Crippen LogP contribution < -0.4 is 20.5 Å². The highest BCUT2D eigenvalue weighted by Gasteiger charge is 2.11. The van der Waals surface area contributed by atoms with E-state index in [2.05, 4.69) is 15.2 Å². The van der Waals surface area contributed by atoms with Gasteiger partial charge in [0, 0.05) is 24.7 Å². The van der Waals surface area contributed by atoms with Crippen LogP contribution in [0.15, 0.2) is 23.2 Å². The number of halogens is 1. The zero-order valence-corrected chi connectivity index (χ0v) is 16.3. The molecule has 1 aromatic rings. The van der Waals surface area contributed by atoms with E-state index in [0.29, 0.717) is 19.2 Å². The van der Waals surface area contributed by atoms with Crippen LogP contribution in [0.3, 0.4) is 0 Å². The van der Waals surface area contributed by atoms with Gasteiger partial charge in [0.15, 0.2) is 17.5 Å². The number of guanidine groups is 1. The summed E-state index contributed by atoms with van der Waals surface area (Å²) in [5.41, 5.74) is 6.83. The molecule has 7 heteroatoms. The van der Waals surface area contributed by atoms with Gasteiger partial charge in [-0.3, -0.25) is 4.99 Å². The SMILES string of the molecule is I.NC(=NCCCN1CCCC1)Nc1ccc2c(c1)OCCCO2. The molecule has 2 aliphatic heterocycles. The van der Waals surface area contributed by atoms with Crippen LogP contribution in [-0.4, -0.2) is 50.3 Å². The average molecular weight is 446 g/mol. The van der Waals surface area contributed by atoms with E-state index in [0.717, 1.165) is 43.1 Å². The van der Waals surface area contributed by atoms with Crippen molar-refractivity contribution in [1.82, 2.24) is 4.90 Å². The molecular formula is C17H27IN4O2. The van der Waals surface area contributed by atoms with E-state index in [1.54, 1.807) is 0 Å². The molecule has 2 heterocycles. The molecular weight excluding hydrogens is 419 g/mol. The first kappa shape index (κ1) is 19.1. The van der Waals surface area contributed by atoms with E-state index >= 15 is 0 Å². The summed E-state index contributed by atoms with van der Waals surface area (Å²) in [6, 6.07) is 5.75. The molecule has 1 fully saturated rings. The highest BCUT2D eigenvalue weighted by atomic mass is 127. The molecule has 3 N–H and O–H groups in total. The van der Waals surface area contributed by atoms with Gasteiger partial charge < -0.3 is 25.4 Å². The van der Waals surface area contributed by atoms with Crippen LogP contribution in [0.1, 0.15) is 25.7 Å². The molecule has 0 radical (unpaired) electrons. The van der Waals surface area contributed by atoms with Gasteiger partial charge >= 0.3 is 0 Å². The first-order valence-electron chi connectivity index (χ1n) is 8.50. The third-order valence-electron chi connectivity index (χ3n) is 4.13. The molecule has 0 bridgehead atoms. The number of benzene rings is 1. The smallest absolute Gasteiger partial charge is 0.193 e. The largest absolute Gasteiger partial charge is 0.490 e. The fraction of sp³-hybridized carbons (Fsp3) is 0.588. The Morgan fingerprint density at radius 2 is 1.88 bits per heavy atom.